The van der Waals surface area contributed by atoms with Crippen molar-refractivity contribution in [1.29, 1.82) is 5.26 Å². The lowest BCUT2D eigenvalue weighted by atomic mass is 9.96. The Morgan fingerprint density at radius 3 is 2.84 bits per heavy atom. The lowest BCUT2D eigenvalue weighted by Crippen LogP contribution is -2.39. The minimum absolute atomic E-state index is 0.251. The van der Waals surface area contributed by atoms with Gasteiger partial charge in [-0.3, -0.25) is 4.79 Å². The van der Waals surface area contributed by atoms with Gasteiger partial charge in [-0.2, -0.15) is 5.26 Å². The molecule has 0 unspecified atom stereocenters. The number of amides is 1. The van der Waals surface area contributed by atoms with Crippen molar-refractivity contribution in [2.75, 3.05) is 24.5 Å². The van der Waals surface area contributed by atoms with Crippen molar-refractivity contribution in [3.63, 3.8) is 0 Å². The number of nitrogens with zero attached hydrogens (tertiary/aromatic N) is 3. The predicted molar refractivity (Wildman–Crippen MR) is 92.6 cm³/mol. The topological polar surface area (TPSA) is 69.0 Å². The standard InChI is InChI=1S/C19H19FN4O/c20-17-5-1-3-15(11-17)19(25)23-13-14-6-9-24(10-7-14)18-16(12-21)4-2-8-22-18/h1-5,8,11,14H,6-7,9-10,13H2,(H,23,25). The van der Waals surface area contributed by atoms with Crippen LogP contribution in [0.4, 0.5) is 10.2 Å². The molecule has 1 N–H and O–H groups in total. The van der Waals surface area contributed by atoms with E-state index < -0.39 is 5.82 Å². The molecule has 0 atom stereocenters. The fourth-order valence-electron chi connectivity index (χ4n) is 3.05. The maximum absolute atomic E-state index is 13.2. The molecule has 2 heterocycles. The van der Waals surface area contributed by atoms with Gasteiger partial charge in [0, 0.05) is 31.4 Å². The zero-order valence-electron chi connectivity index (χ0n) is 13.8. The van der Waals surface area contributed by atoms with Gasteiger partial charge in [0.05, 0.1) is 5.56 Å². The van der Waals surface area contributed by atoms with Crippen LogP contribution < -0.4 is 10.2 Å². The minimum Gasteiger partial charge on any atom is -0.356 e. The van der Waals surface area contributed by atoms with E-state index in [1.807, 2.05) is 0 Å². The van der Waals surface area contributed by atoms with Gasteiger partial charge < -0.3 is 10.2 Å². The molecule has 0 bridgehead atoms. The number of rotatable bonds is 4. The molecule has 1 fully saturated rings. The molecule has 1 aromatic heterocycles. The Labute approximate surface area is 146 Å². The van der Waals surface area contributed by atoms with E-state index in [4.69, 9.17) is 0 Å². The van der Waals surface area contributed by atoms with Gasteiger partial charge in [-0.05, 0) is 49.1 Å². The van der Waals surface area contributed by atoms with Gasteiger partial charge in [-0.25, -0.2) is 9.37 Å². The van der Waals surface area contributed by atoms with Crippen LogP contribution in [0.5, 0.6) is 0 Å². The van der Waals surface area contributed by atoms with Crippen molar-refractivity contribution in [2.45, 2.75) is 12.8 Å². The predicted octanol–water partition coefficient (Wildman–Crippen LogP) is 2.74. The van der Waals surface area contributed by atoms with E-state index in [0.717, 1.165) is 31.7 Å². The van der Waals surface area contributed by atoms with Gasteiger partial charge in [0.1, 0.15) is 17.7 Å². The lowest BCUT2D eigenvalue weighted by molar-refractivity contribution is 0.0944. The van der Waals surface area contributed by atoms with E-state index in [-0.39, 0.29) is 5.91 Å². The normalized spacial score (nSPS) is 14.8. The highest BCUT2D eigenvalue weighted by Gasteiger charge is 2.22. The molecule has 0 aliphatic carbocycles. The summed E-state index contributed by atoms with van der Waals surface area (Å²) < 4.78 is 13.2. The van der Waals surface area contributed by atoms with Gasteiger partial charge in [0.15, 0.2) is 0 Å². The van der Waals surface area contributed by atoms with Crippen LogP contribution in [0, 0.1) is 23.1 Å². The molecule has 1 amide bonds. The molecule has 1 aromatic carbocycles. The fourth-order valence-corrected chi connectivity index (χ4v) is 3.05. The first-order valence-corrected chi connectivity index (χ1v) is 8.31. The van der Waals surface area contributed by atoms with Crippen molar-refractivity contribution in [2.24, 2.45) is 5.92 Å². The second-order valence-electron chi connectivity index (χ2n) is 6.14. The number of hydrogen-bond donors (Lipinski definition) is 1. The number of nitriles is 1. The van der Waals surface area contributed by atoms with E-state index in [2.05, 4.69) is 21.3 Å². The SMILES string of the molecule is N#Cc1cccnc1N1CCC(CNC(=O)c2cccc(F)c2)CC1. The third-order valence-corrected chi connectivity index (χ3v) is 4.46. The number of anilines is 1. The molecule has 3 rings (SSSR count). The van der Waals surface area contributed by atoms with Crippen LogP contribution in [0.25, 0.3) is 0 Å². The summed E-state index contributed by atoms with van der Waals surface area (Å²) in [5.74, 6) is 0.429. The minimum atomic E-state index is -0.412. The van der Waals surface area contributed by atoms with Gasteiger partial charge in [0.25, 0.3) is 5.91 Å². The summed E-state index contributed by atoms with van der Waals surface area (Å²) in [5, 5.41) is 12.1. The number of nitrogens with one attached hydrogen (secondary N) is 1. The molecule has 1 saturated heterocycles. The number of pyridine rings is 1. The average Bonchev–Trinajstić information content (AvgIpc) is 2.66. The average molecular weight is 338 g/mol. The number of aromatic nitrogens is 1. The number of piperidine rings is 1. The van der Waals surface area contributed by atoms with Crippen LogP contribution in [0.2, 0.25) is 0 Å². The third-order valence-electron chi connectivity index (χ3n) is 4.46. The second kappa shape index (κ2) is 7.75. The van der Waals surface area contributed by atoms with Crippen LogP contribution >= 0.6 is 0 Å². The maximum Gasteiger partial charge on any atom is 0.251 e. The van der Waals surface area contributed by atoms with E-state index in [9.17, 15) is 14.4 Å². The summed E-state index contributed by atoms with van der Waals surface area (Å²) in [4.78, 5) is 18.5. The second-order valence-corrected chi connectivity index (χ2v) is 6.14. The molecule has 5 nitrogen and oxygen atoms in total. The summed E-state index contributed by atoms with van der Waals surface area (Å²) in [6.45, 7) is 2.16. The molecule has 0 saturated carbocycles. The van der Waals surface area contributed by atoms with Crippen molar-refractivity contribution in [3.8, 4) is 6.07 Å². The molecule has 6 heteroatoms. The largest absolute Gasteiger partial charge is 0.356 e. The molecule has 2 aromatic rings. The highest BCUT2D eigenvalue weighted by Crippen LogP contribution is 2.23. The zero-order valence-corrected chi connectivity index (χ0v) is 13.8. The Bertz CT molecular complexity index is 794. The van der Waals surface area contributed by atoms with Gasteiger partial charge >= 0.3 is 0 Å². The van der Waals surface area contributed by atoms with E-state index in [1.54, 1.807) is 24.4 Å². The Hall–Kier alpha value is -2.94. The van der Waals surface area contributed by atoms with E-state index >= 15 is 0 Å². The summed E-state index contributed by atoms with van der Waals surface area (Å²) in [7, 11) is 0. The molecule has 1 aliphatic heterocycles. The summed E-state index contributed by atoms with van der Waals surface area (Å²) >= 11 is 0. The first-order valence-electron chi connectivity index (χ1n) is 8.31. The molecular formula is C19H19FN4O. The highest BCUT2D eigenvalue weighted by atomic mass is 19.1. The number of carbonyl (C=O) groups excluding carboxylic acids is 1. The Balaban J connectivity index is 1.51. The van der Waals surface area contributed by atoms with Crippen molar-refractivity contribution in [3.05, 3.63) is 59.5 Å². The molecule has 25 heavy (non-hydrogen) atoms. The molecule has 0 spiro atoms. The van der Waals surface area contributed by atoms with Crippen LogP contribution in [0.1, 0.15) is 28.8 Å². The van der Waals surface area contributed by atoms with Gasteiger partial charge in [-0.15, -0.1) is 0 Å². The monoisotopic (exact) mass is 338 g/mol. The molecule has 128 valence electrons. The number of hydrogen-bond acceptors (Lipinski definition) is 4. The molecule has 1 aliphatic rings. The first kappa shape index (κ1) is 16.9. The van der Waals surface area contributed by atoms with Crippen LogP contribution in [-0.4, -0.2) is 30.5 Å². The first-order chi connectivity index (χ1) is 12.2. The van der Waals surface area contributed by atoms with Crippen molar-refractivity contribution < 1.29 is 9.18 Å². The zero-order chi connectivity index (χ0) is 17.6. The van der Waals surface area contributed by atoms with Gasteiger partial charge in [-0.1, -0.05) is 6.07 Å². The van der Waals surface area contributed by atoms with Crippen molar-refractivity contribution in [1.82, 2.24) is 10.3 Å². The van der Waals surface area contributed by atoms with Crippen molar-refractivity contribution >= 4 is 11.7 Å². The van der Waals surface area contributed by atoms with Crippen LogP contribution in [0.3, 0.4) is 0 Å². The lowest BCUT2D eigenvalue weighted by Gasteiger charge is -2.33. The number of carbonyl (C=O) groups is 1. The number of benzene rings is 1. The quantitative estimate of drug-likeness (QED) is 0.931. The Morgan fingerprint density at radius 2 is 2.12 bits per heavy atom. The summed E-state index contributed by atoms with van der Waals surface area (Å²) in [6.07, 6.45) is 3.51. The van der Waals surface area contributed by atoms with E-state index in [1.165, 1.54) is 18.2 Å². The smallest absolute Gasteiger partial charge is 0.251 e. The fraction of sp³-hybridized carbons (Fsp3) is 0.316. The molecular weight excluding hydrogens is 319 g/mol. The van der Waals surface area contributed by atoms with Gasteiger partial charge in [0.2, 0.25) is 0 Å². The molecule has 0 radical (unpaired) electrons. The Kier molecular flexibility index (Phi) is 5.24. The van der Waals surface area contributed by atoms with Crippen LogP contribution in [-0.2, 0) is 0 Å². The maximum atomic E-state index is 13.2. The summed E-state index contributed by atoms with van der Waals surface area (Å²) in [5.41, 5.74) is 0.921. The number of halogens is 1. The third kappa shape index (κ3) is 4.13. The van der Waals surface area contributed by atoms with Crippen LogP contribution in [0.15, 0.2) is 42.6 Å². The highest BCUT2D eigenvalue weighted by molar-refractivity contribution is 5.94. The Morgan fingerprint density at radius 1 is 1.32 bits per heavy atom. The summed E-state index contributed by atoms with van der Waals surface area (Å²) in [6, 6.07) is 11.4. The van der Waals surface area contributed by atoms with E-state index in [0.29, 0.717) is 23.6 Å².